The fraction of sp³-hybridized carbons (Fsp3) is 0.400. The summed E-state index contributed by atoms with van der Waals surface area (Å²) < 4.78 is 0.470. The number of nitrogens with zero attached hydrogens (tertiary/aromatic N) is 3. The molecule has 28 heavy (non-hydrogen) atoms. The summed E-state index contributed by atoms with van der Waals surface area (Å²) >= 11 is 4.71. The quantitative estimate of drug-likeness (QED) is 0.349. The van der Waals surface area contributed by atoms with E-state index in [0.29, 0.717) is 21.0 Å². The molecule has 1 N–H and O–H groups in total. The molecule has 0 aliphatic heterocycles. The number of thiophene rings is 1. The molecule has 8 heteroatoms. The zero-order valence-corrected chi connectivity index (χ0v) is 18.2. The van der Waals surface area contributed by atoms with E-state index in [4.69, 9.17) is 0 Å². The number of nitriles is 1. The molecule has 3 rings (SSSR count). The van der Waals surface area contributed by atoms with E-state index in [1.807, 2.05) is 0 Å². The van der Waals surface area contributed by atoms with Gasteiger partial charge < -0.3 is 5.11 Å². The van der Waals surface area contributed by atoms with Gasteiger partial charge in [0.1, 0.15) is 11.1 Å². The van der Waals surface area contributed by atoms with Gasteiger partial charge in [-0.1, -0.05) is 36.7 Å². The van der Waals surface area contributed by atoms with E-state index in [1.165, 1.54) is 28.5 Å². The van der Waals surface area contributed by atoms with Gasteiger partial charge in [-0.05, 0) is 42.2 Å². The van der Waals surface area contributed by atoms with Crippen LogP contribution in [0.1, 0.15) is 48.8 Å². The molecule has 0 saturated carbocycles. The van der Waals surface area contributed by atoms with E-state index in [-0.39, 0.29) is 11.0 Å². The third-order valence-corrected chi connectivity index (χ3v) is 6.81. The topological polar surface area (TPSA) is 99.5 Å². The minimum Gasteiger partial charge on any atom is -0.502 e. The zero-order chi connectivity index (χ0) is 20.6. The average molecular weight is 462 g/mol. The second-order valence-electron chi connectivity index (χ2n) is 7.98. The predicted octanol–water partition coefficient (Wildman–Crippen LogP) is 5.90. The van der Waals surface area contributed by atoms with Crippen molar-refractivity contribution >= 4 is 44.2 Å². The van der Waals surface area contributed by atoms with Crippen molar-refractivity contribution in [1.29, 1.82) is 5.26 Å². The highest BCUT2D eigenvalue weighted by molar-refractivity contribution is 9.10. The summed E-state index contributed by atoms with van der Waals surface area (Å²) in [4.78, 5) is 16.0. The smallest absolute Gasteiger partial charge is 0.312 e. The van der Waals surface area contributed by atoms with Gasteiger partial charge in [-0.3, -0.25) is 10.1 Å². The van der Waals surface area contributed by atoms with Crippen molar-refractivity contribution < 1.29 is 10.0 Å². The lowest BCUT2D eigenvalue weighted by molar-refractivity contribution is -0.385. The molecule has 1 heterocycles. The highest BCUT2D eigenvalue weighted by Crippen LogP contribution is 2.45. The maximum Gasteiger partial charge on any atom is 0.312 e. The van der Waals surface area contributed by atoms with Crippen LogP contribution < -0.4 is 0 Å². The molecule has 1 aliphatic carbocycles. The summed E-state index contributed by atoms with van der Waals surface area (Å²) in [5.41, 5.74) is 1.69. The van der Waals surface area contributed by atoms with Crippen LogP contribution in [-0.2, 0) is 12.8 Å². The number of rotatable bonds is 3. The Hall–Kier alpha value is -2.24. The zero-order valence-electron chi connectivity index (χ0n) is 15.8. The highest BCUT2D eigenvalue weighted by Gasteiger charge is 2.32. The Morgan fingerprint density at radius 1 is 1.46 bits per heavy atom. The van der Waals surface area contributed by atoms with Gasteiger partial charge in [0.05, 0.1) is 10.5 Å². The minimum absolute atomic E-state index is 0.207. The Kier molecular flexibility index (Phi) is 5.60. The molecule has 2 aromatic rings. The number of phenolic OH excluding ortho intramolecular Hbond substituents is 1. The standard InChI is InChI=1S/C20H20BrN3O3S/c1-20(2,3)12-4-5-14-15(9-22)19(28-17(14)7-12)23-10-11-6-13(21)8-16(18(11)25)24(26)27/h6,8,10,12,25H,4-5,7H2,1-3H3/t12-/m0/s1. The van der Waals surface area contributed by atoms with E-state index >= 15 is 0 Å². The summed E-state index contributed by atoms with van der Waals surface area (Å²) in [7, 11) is 0. The number of hydrogen-bond donors (Lipinski definition) is 1. The van der Waals surface area contributed by atoms with Crippen molar-refractivity contribution in [2.75, 3.05) is 0 Å². The first kappa shape index (κ1) is 20.5. The molecule has 6 nitrogen and oxygen atoms in total. The van der Waals surface area contributed by atoms with Gasteiger partial charge in [-0.2, -0.15) is 5.26 Å². The average Bonchev–Trinajstić information content (AvgIpc) is 2.97. The van der Waals surface area contributed by atoms with Crippen LogP contribution in [0.4, 0.5) is 10.7 Å². The van der Waals surface area contributed by atoms with E-state index in [9.17, 15) is 20.5 Å². The summed E-state index contributed by atoms with van der Waals surface area (Å²) in [6.45, 7) is 6.72. The van der Waals surface area contributed by atoms with Crippen molar-refractivity contribution in [1.82, 2.24) is 0 Å². The van der Waals surface area contributed by atoms with Crippen molar-refractivity contribution in [2.45, 2.75) is 40.0 Å². The van der Waals surface area contributed by atoms with Gasteiger partial charge in [-0.25, -0.2) is 4.99 Å². The number of aliphatic imine (C=N–C) groups is 1. The number of aromatic hydroxyl groups is 1. The van der Waals surface area contributed by atoms with Gasteiger partial charge >= 0.3 is 5.69 Å². The molecule has 1 aliphatic rings. The summed E-state index contributed by atoms with van der Waals surface area (Å²) in [6, 6.07) is 5.06. The number of fused-ring (bicyclic) bond motifs is 1. The maximum absolute atomic E-state index is 11.1. The fourth-order valence-electron chi connectivity index (χ4n) is 3.49. The molecule has 0 amide bonds. The Balaban J connectivity index is 1.98. The van der Waals surface area contributed by atoms with Crippen LogP contribution in [0.5, 0.6) is 5.75 Å². The van der Waals surface area contributed by atoms with Gasteiger partial charge in [0.15, 0.2) is 0 Å². The Labute approximate surface area is 175 Å². The monoisotopic (exact) mass is 461 g/mol. The summed E-state index contributed by atoms with van der Waals surface area (Å²) in [6.07, 6.45) is 4.22. The number of hydrogen-bond acceptors (Lipinski definition) is 6. The predicted molar refractivity (Wildman–Crippen MR) is 114 cm³/mol. The molecule has 0 bridgehead atoms. The lowest BCUT2D eigenvalue weighted by atomic mass is 9.72. The van der Waals surface area contributed by atoms with Crippen molar-refractivity contribution in [3.8, 4) is 11.8 Å². The molecular formula is C20H20BrN3O3S. The molecule has 0 fully saturated rings. The molecule has 0 saturated heterocycles. The molecule has 1 aromatic heterocycles. The highest BCUT2D eigenvalue weighted by atomic mass is 79.9. The van der Waals surface area contributed by atoms with Crippen LogP contribution in [0, 0.1) is 32.8 Å². The number of nitro benzene ring substituents is 1. The first-order valence-corrected chi connectivity index (χ1v) is 10.5. The molecule has 0 radical (unpaired) electrons. The lowest BCUT2D eigenvalue weighted by Crippen LogP contribution is -2.26. The minimum atomic E-state index is -0.644. The maximum atomic E-state index is 11.1. The Bertz CT molecular complexity index is 1020. The van der Waals surface area contributed by atoms with Gasteiger partial charge in [0.2, 0.25) is 5.75 Å². The van der Waals surface area contributed by atoms with E-state index < -0.39 is 16.4 Å². The molecule has 1 aromatic carbocycles. The van der Waals surface area contributed by atoms with E-state index in [0.717, 1.165) is 24.8 Å². The molecule has 0 spiro atoms. The summed E-state index contributed by atoms with van der Waals surface area (Å²) in [5.74, 6) is 0.114. The van der Waals surface area contributed by atoms with E-state index in [1.54, 1.807) is 6.07 Å². The second-order valence-corrected chi connectivity index (χ2v) is 9.98. The van der Waals surface area contributed by atoms with Crippen molar-refractivity contribution in [2.24, 2.45) is 16.3 Å². The second kappa shape index (κ2) is 7.64. The van der Waals surface area contributed by atoms with Crippen LogP contribution >= 0.6 is 27.3 Å². The SMILES string of the molecule is CC(C)(C)[C@H]1CCc2c(sc(N=Cc3cc(Br)cc([N+](=O)[O-])c3O)c2C#N)C1. The number of benzene rings is 1. The first-order valence-electron chi connectivity index (χ1n) is 8.87. The molecular weight excluding hydrogens is 442 g/mol. The molecule has 0 unspecified atom stereocenters. The molecule has 1 atom stereocenters. The Morgan fingerprint density at radius 2 is 2.18 bits per heavy atom. The van der Waals surface area contributed by atoms with E-state index in [2.05, 4.69) is 47.8 Å². The molecule has 146 valence electrons. The van der Waals surface area contributed by atoms with Crippen LogP contribution in [-0.4, -0.2) is 16.2 Å². The lowest BCUT2D eigenvalue weighted by Gasteiger charge is -2.33. The van der Waals surface area contributed by atoms with Crippen LogP contribution in [0.2, 0.25) is 0 Å². The third-order valence-electron chi connectivity index (χ3n) is 5.18. The van der Waals surface area contributed by atoms with Crippen LogP contribution in [0.25, 0.3) is 0 Å². The Morgan fingerprint density at radius 3 is 2.79 bits per heavy atom. The van der Waals surface area contributed by atoms with Crippen LogP contribution in [0.3, 0.4) is 0 Å². The summed E-state index contributed by atoms with van der Waals surface area (Å²) in [5, 5.41) is 31.5. The van der Waals surface area contributed by atoms with Gasteiger partial charge in [0.25, 0.3) is 0 Å². The first-order chi connectivity index (χ1) is 13.1. The van der Waals surface area contributed by atoms with Crippen molar-refractivity contribution in [3.05, 3.63) is 48.3 Å². The number of nitro groups is 1. The van der Waals surface area contributed by atoms with Crippen molar-refractivity contribution in [3.63, 3.8) is 0 Å². The van der Waals surface area contributed by atoms with Gasteiger partial charge in [0, 0.05) is 27.2 Å². The fourth-order valence-corrected chi connectivity index (χ4v) is 5.17. The number of halogens is 1. The van der Waals surface area contributed by atoms with Gasteiger partial charge in [-0.15, -0.1) is 11.3 Å². The largest absolute Gasteiger partial charge is 0.502 e. The van der Waals surface area contributed by atoms with Crippen LogP contribution in [0.15, 0.2) is 21.6 Å². The number of phenols is 1. The normalized spacial score (nSPS) is 16.8. The third kappa shape index (κ3) is 3.96.